The van der Waals surface area contributed by atoms with E-state index < -0.39 is 0 Å². The van der Waals surface area contributed by atoms with Crippen molar-refractivity contribution in [2.75, 3.05) is 13.7 Å². The van der Waals surface area contributed by atoms with Crippen molar-refractivity contribution in [3.63, 3.8) is 0 Å². The van der Waals surface area contributed by atoms with Gasteiger partial charge >= 0.3 is 5.97 Å². The van der Waals surface area contributed by atoms with Crippen LogP contribution in [0.4, 0.5) is 0 Å². The van der Waals surface area contributed by atoms with Crippen molar-refractivity contribution in [3.05, 3.63) is 23.8 Å². The van der Waals surface area contributed by atoms with Gasteiger partial charge in [0, 0.05) is 0 Å². The molecule has 0 heterocycles. The lowest BCUT2D eigenvalue weighted by atomic mass is 9.89. The first-order chi connectivity index (χ1) is 10.1. The molecule has 1 aliphatic rings. The minimum absolute atomic E-state index is 0.0461. The number of methoxy groups -OCH3 is 1. The second kappa shape index (κ2) is 7.34. The SMILES string of the molecule is COc1cc(C)ccc1OCC(=O)OC1CCCC(C)C1. The van der Waals surface area contributed by atoms with Crippen molar-refractivity contribution >= 4 is 5.97 Å². The van der Waals surface area contributed by atoms with Crippen LogP contribution in [-0.2, 0) is 9.53 Å². The predicted octanol–water partition coefficient (Wildman–Crippen LogP) is 3.50. The van der Waals surface area contributed by atoms with E-state index in [1.165, 1.54) is 6.42 Å². The molecule has 21 heavy (non-hydrogen) atoms. The molecule has 0 radical (unpaired) electrons. The number of ether oxygens (including phenoxy) is 3. The molecule has 1 aliphatic carbocycles. The van der Waals surface area contributed by atoms with Gasteiger partial charge in [0.2, 0.25) is 0 Å². The molecule has 0 aliphatic heterocycles. The second-order valence-electron chi connectivity index (χ2n) is 5.83. The summed E-state index contributed by atoms with van der Waals surface area (Å²) >= 11 is 0. The van der Waals surface area contributed by atoms with Crippen molar-refractivity contribution in [2.45, 2.75) is 45.6 Å². The molecule has 4 heteroatoms. The number of esters is 1. The smallest absolute Gasteiger partial charge is 0.344 e. The van der Waals surface area contributed by atoms with Gasteiger partial charge in [-0.15, -0.1) is 0 Å². The summed E-state index contributed by atoms with van der Waals surface area (Å²) in [5.74, 6) is 1.53. The lowest BCUT2D eigenvalue weighted by molar-refractivity contribution is -0.153. The fourth-order valence-electron chi connectivity index (χ4n) is 2.74. The Balaban J connectivity index is 1.83. The Hall–Kier alpha value is -1.71. The Morgan fingerprint density at radius 1 is 1.29 bits per heavy atom. The van der Waals surface area contributed by atoms with Crippen molar-refractivity contribution in [2.24, 2.45) is 5.92 Å². The second-order valence-corrected chi connectivity index (χ2v) is 5.83. The fourth-order valence-corrected chi connectivity index (χ4v) is 2.74. The Labute approximate surface area is 126 Å². The average Bonchev–Trinajstić information content (AvgIpc) is 2.45. The highest BCUT2D eigenvalue weighted by atomic mass is 16.6. The minimum Gasteiger partial charge on any atom is -0.493 e. The van der Waals surface area contributed by atoms with Crippen LogP contribution in [-0.4, -0.2) is 25.8 Å². The summed E-state index contributed by atoms with van der Waals surface area (Å²) < 4.78 is 16.2. The van der Waals surface area contributed by atoms with Crippen LogP contribution in [0.5, 0.6) is 11.5 Å². The van der Waals surface area contributed by atoms with Crippen molar-refractivity contribution in [1.82, 2.24) is 0 Å². The molecule has 1 aromatic carbocycles. The molecule has 0 saturated heterocycles. The van der Waals surface area contributed by atoms with Crippen LogP contribution < -0.4 is 9.47 Å². The number of carbonyl (C=O) groups excluding carboxylic acids is 1. The van der Waals surface area contributed by atoms with Gasteiger partial charge in [-0.05, 0) is 49.8 Å². The molecule has 1 fully saturated rings. The van der Waals surface area contributed by atoms with E-state index in [0.717, 1.165) is 24.8 Å². The molecule has 1 saturated carbocycles. The first-order valence-corrected chi connectivity index (χ1v) is 7.55. The van der Waals surface area contributed by atoms with Gasteiger partial charge in [-0.3, -0.25) is 0 Å². The quantitative estimate of drug-likeness (QED) is 0.779. The van der Waals surface area contributed by atoms with Gasteiger partial charge in [0.25, 0.3) is 0 Å². The van der Waals surface area contributed by atoms with Crippen molar-refractivity contribution in [1.29, 1.82) is 0 Å². The van der Waals surface area contributed by atoms with Crippen LogP contribution in [0.15, 0.2) is 18.2 Å². The third-order valence-electron chi connectivity index (χ3n) is 3.85. The summed E-state index contributed by atoms with van der Waals surface area (Å²) in [6.07, 6.45) is 4.32. The van der Waals surface area contributed by atoms with E-state index in [4.69, 9.17) is 14.2 Å². The first-order valence-electron chi connectivity index (χ1n) is 7.55. The van der Waals surface area contributed by atoms with Gasteiger partial charge < -0.3 is 14.2 Å². The van der Waals surface area contributed by atoms with E-state index in [2.05, 4.69) is 6.92 Å². The number of benzene rings is 1. The molecule has 2 atom stereocenters. The van der Waals surface area contributed by atoms with Crippen LogP contribution in [0.3, 0.4) is 0 Å². The number of rotatable bonds is 5. The van der Waals surface area contributed by atoms with E-state index in [-0.39, 0.29) is 18.7 Å². The zero-order valence-electron chi connectivity index (χ0n) is 13.1. The summed E-state index contributed by atoms with van der Waals surface area (Å²) in [7, 11) is 1.59. The standard InChI is InChI=1S/C17H24O4/c1-12-5-4-6-14(9-12)21-17(18)11-20-15-8-7-13(2)10-16(15)19-3/h7-8,10,12,14H,4-6,9,11H2,1-3H3. The normalized spacial score (nSPS) is 21.7. The van der Waals surface area contributed by atoms with E-state index in [0.29, 0.717) is 17.4 Å². The van der Waals surface area contributed by atoms with Crippen LogP contribution in [0.25, 0.3) is 0 Å². The molecular weight excluding hydrogens is 268 g/mol. The van der Waals surface area contributed by atoms with E-state index in [9.17, 15) is 4.79 Å². The van der Waals surface area contributed by atoms with Gasteiger partial charge in [0.15, 0.2) is 18.1 Å². The Morgan fingerprint density at radius 3 is 2.81 bits per heavy atom. The Bertz CT molecular complexity index is 484. The third-order valence-corrected chi connectivity index (χ3v) is 3.85. The van der Waals surface area contributed by atoms with Gasteiger partial charge in [-0.2, -0.15) is 0 Å². The molecule has 0 amide bonds. The van der Waals surface area contributed by atoms with Crippen LogP contribution >= 0.6 is 0 Å². The molecular formula is C17H24O4. The highest BCUT2D eigenvalue weighted by Crippen LogP contribution is 2.28. The van der Waals surface area contributed by atoms with E-state index in [1.807, 2.05) is 25.1 Å². The van der Waals surface area contributed by atoms with Crippen LogP contribution in [0.2, 0.25) is 0 Å². The maximum atomic E-state index is 11.9. The molecule has 1 aromatic rings. The lowest BCUT2D eigenvalue weighted by Gasteiger charge is -2.26. The summed E-state index contributed by atoms with van der Waals surface area (Å²) in [5.41, 5.74) is 1.08. The predicted molar refractivity (Wildman–Crippen MR) is 80.7 cm³/mol. The molecule has 2 rings (SSSR count). The monoisotopic (exact) mass is 292 g/mol. The van der Waals surface area contributed by atoms with Crippen molar-refractivity contribution in [3.8, 4) is 11.5 Å². The largest absolute Gasteiger partial charge is 0.493 e. The summed E-state index contributed by atoms with van der Waals surface area (Å²) in [6, 6.07) is 5.61. The number of hydrogen-bond acceptors (Lipinski definition) is 4. The molecule has 116 valence electrons. The molecule has 0 spiro atoms. The highest BCUT2D eigenvalue weighted by Gasteiger charge is 2.22. The first kappa shape index (κ1) is 15.7. The zero-order valence-corrected chi connectivity index (χ0v) is 13.1. The minimum atomic E-state index is -0.309. The third kappa shape index (κ3) is 4.66. The zero-order chi connectivity index (χ0) is 15.2. The molecule has 2 unspecified atom stereocenters. The van der Waals surface area contributed by atoms with Crippen molar-refractivity contribution < 1.29 is 19.0 Å². The van der Waals surface area contributed by atoms with Crippen LogP contribution in [0.1, 0.15) is 38.2 Å². The van der Waals surface area contributed by atoms with Gasteiger partial charge in [-0.1, -0.05) is 19.4 Å². The summed E-state index contributed by atoms with van der Waals surface area (Å²) in [5, 5.41) is 0. The molecule has 0 aromatic heterocycles. The average molecular weight is 292 g/mol. The molecule has 0 bridgehead atoms. The Kier molecular flexibility index (Phi) is 5.48. The molecule has 0 N–H and O–H groups in total. The maximum Gasteiger partial charge on any atom is 0.344 e. The number of hydrogen-bond donors (Lipinski definition) is 0. The number of aryl methyl sites for hydroxylation is 1. The van der Waals surface area contributed by atoms with E-state index in [1.54, 1.807) is 7.11 Å². The maximum absolute atomic E-state index is 11.9. The number of carbonyl (C=O) groups is 1. The molecule has 4 nitrogen and oxygen atoms in total. The topological polar surface area (TPSA) is 44.8 Å². The fraction of sp³-hybridized carbons (Fsp3) is 0.588. The van der Waals surface area contributed by atoms with E-state index >= 15 is 0 Å². The Morgan fingerprint density at radius 2 is 2.10 bits per heavy atom. The van der Waals surface area contributed by atoms with Crippen LogP contribution in [0, 0.1) is 12.8 Å². The summed E-state index contributed by atoms with van der Waals surface area (Å²) in [6.45, 7) is 4.10. The van der Waals surface area contributed by atoms with Gasteiger partial charge in [0.05, 0.1) is 7.11 Å². The van der Waals surface area contributed by atoms with Gasteiger partial charge in [0.1, 0.15) is 6.10 Å². The highest BCUT2D eigenvalue weighted by molar-refractivity contribution is 5.71. The summed E-state index contributed by atoms with van der Waals surface area (Å²) in [4.78, 5) is 11.9. The lowest BCUT2D eigenvalue weighted by Crippen LogP contribution is -2.27. The van der Waals surface area contributed by atoms with Gasteiger partial charge in [-0.25, -0.2) is 4.79 Å².